The molecule has 0 bridgehead atoms. The minimum absolute atomic E-state index is 0.104. The van der Waals surface area contributed by atoms with Crippen molar-refractivity contribution in [2.75, 3.05) is 16.3 Å². The topological polar surface area (TPSA) is 73.1 Å². The van der Waals surface area contributed by atoms with Crippen LogP contribution in [0.3, 0.4) is 0 Å². The molecule has 2 aromatic heterocycles. The van der Waals surface area contributed by atoms with Crippen LogP contribution in [0.5, 0.6) is 0 Å². The number of carbonyl (C=O) groups excluding carboxylic acids is 1. The van der Waals surface area contributed by atoms with Crippen molar-refractivity contribution in [1.82, 2.24) is 9.97 Å². The average molecular weight is 383 g/mol. The first-order chi connectivity index (χ1) is 13.4. The average Bonchev–Trinajstić information content (AvgIpc) is 3.03. The van der Waals surface area contributed by atoms with E-state index in [1.807, 2.05) is 18.2 Å². The van der Waals surface area contributed by atoms with E-state index in [-0.39, 0.29) is 12.4 Å². The van der Waals surface area contributed by atoms with Gasteiger partial charge in [0.05, 0.1) is 24.5 Å². The van der Waals surface area contributed by atoms with Gasteiger partial charge in [0.1, 0.15) is 17.6 Å². The van der Waals surface area contributed by atoms with E-state index in [9.17, 15) is 23.2 Å². The SMILES string of the molecule is N#C[C@@H]1CN(c2cccc(C(F)(F)F)n2)C(=O)N1c1cncc2ccccc12. The maximum Gasteiger partial charge on any atom is 0.433 e. The van der Waals surface area contributed by atoms with Crippen LogP contribution < -0.4 is 9.80 Å². The van der Waals surface area contributed by atoms with Gasteiger partial charge in [-0.1, -0.05) is 30.3 Å². The normalized spacial score (nSPS) is 17.2. The smallest absolute Gasteiger partial charge is 0.275 e. The van der Waals surface area contributed by atoms with Crippen molar-refractivity contribution < 1.29 is 18.0 Å². The number of hydrogen-bond donors (Lipinski definition) is 0. The highest BCUT2D eigenvalue weighted by Crippen LogP contribution is 2.34. The molecule has 1 saturated heterocycles. The number of anilines is 2. The number of nitrogens with zero attached hydrogens (tertiary/aromatic N) is 5. The molecule has 1 atom stereocenters. The number of nitriles is 1. The van der Waals surface area contributed by atoms with E-state index >= 15 is 0 Å². The van der Waals surface area contributed by atoms with E-state index in [0.29, 0.717) is 11.1 Å². The summed E-state index contributed by atoms with van der Waals surface area (Å²) in [4.78, 5) is 23.0. The molecule has 0 saturated carbocycles. The highest BCUT2D eigenvalue weighted by molar-refractivity contribution is 6.11. The van der Waals surface area contributed by atoms with Crippen LogP contribution in [0.25, 0.3) is 10.8 Å². The number of pyridine rings is 2. The molecule has 1 aliphatic heterocycles. The van der Waals surface area contributed by atoms with E-state index < -0.39 is 23.9 Å². The molecule has 6 nitrogen and oxygen atoms in total. The standard InChI is InChI=1S/C19H12F3N5O/c20-19(21,22)16-6-3-7-17(25-16)26-11-13(8-23)27(18(26)28)15-10-24-9-12-4-1-2-5-14(12)15/h1-7,9-10,13H,11H2/t13-/m1/s1. The van der Waals surface area contributed by atoms with Crippen LogP contribution in [-0.2, 0) is 6.18 Å². The molecule has 0 radical (unpaired) electrons. The number of hydrogen-bond acceptors (Lipinski definition) is 4. The van der Waals surface area contributed by atoms with Gasteiger partial charge in [-0.25, -0.2) is 9.78 Å². The molecular weight excluding hydrogens is 371 g/mol. The number of benzene rings is 1. The Balaban J connectivity index is 1.78. The van der Waals surface area contributed by atoms with E-state index in [2.05, 4.69) is 9.97 Å². The van der Waals surface area contributed by atoms with Gasteiger partial charge in [0, 0.05) is 17.0 Å². The molecule has 0 aliphatic carbocycles. The Kier molecular flexibility index (Phi) is 4.11. The van der Waals surface area contributed by atoms with Gasteiger partial charge in [-0.2, -0.15) is 18.4 Å². The number of carbonyl (C=O) groups is 1. The predicted molar refractivity (Wildman–Crippen MR) is 95.6 cm³/mol. The maximum absolute atomic E-state index is 13.0. The van der Waals surface area contributed by atoms with E-state index in [1.165, 1.54) is 23.2 Å². The third kappa shape index (κ3) is 2.89. The van der Waals surface area contributed by atoms with Crippen molar-refractivity contribution in [3.8, 4) is 6.07 Å². The second kappa shape index (κ2) is 6.49. The molecule has 3 aromatic rings. The molecule has 0 N–H and O–H groups in total. The molecule has 0 spiro atoms. The number of fused-ring (bicyclic) bond motifs is 1. The number of rotatable bonds is 2. The Labute approximate surface area is 157 Å². The van der Waals surface area contributed by atoms with E-state index in [1.54, 1.807) is 18.3 Å². The van der Waals surface area contributed by atoms with Gasteiger partial charge in [-0.05, 0) is 12.1 Å². The van der Waals surface area contributed by atoms with Crippen molar-refractivity contribution >= 4 is 28.3 Å². The summed E-state index contributed by atoms with van der Waals surface area (Å²) in [5.41, 5.74) is -0.680. The minimum Gasteiger partial charge on any atom is -0.275 e. The van der Waals surface area contributed by atoms with E-state index in [4.69, 9.17) is 0 Å². The molecule has 1 aliphatic rings. The lowest BCUT2D eigenvalue weighted by Gasteiger charge is -2.21. The zero-order valence-electron chi connectivity index (χ0n) is 14.3. The number of aromatic nitrogens is 2. The first kappa shape index (κ1) is 17.7. The lowest BCUT2D eigenvalue weighted by atomic mass is 10.1. The van der Waals surface area contributed by atoms with Gasteiger partial charge in [0.2, 0.25) is 0 Å². The molecule has 140 valence electrons. The zero-order valence-corrected chi connectivity index (χ0v) is 14.3. The summed E-state index contributed by atoms with van der Waals surface area (Å²) >= 11 is 0. The Hall–Kier alpha value is -3.67. The monoisotopic (exact) mass is 383 g/mol. The maximum atomic E-state index is 13.0. The largest absolute Gasteiger partial charge is 0.433 e. The zero-order chi connectivity index (χ0) is 19.9. The fourth-order valence-corrected chi connectivity index (χ4v) is 3.18. The van der Waals surface area contributed by atoms with Gasteiger partial charge < -0.3 is 0 Å². The first-order valence-electron chi connectivity index (χ1n) is 8.27. The van der Waals surface area contributed by atoms with Crippen LogP contribution in [0.1, 0.15) is 5.69 Å². The van der Waals surface area contributed by atoms with Crippen molar-refractivity contribution in [2.24, 2.45) is 0 Å². The molecule has 4 rings (SSSR count). The minimum atomic E-state index is -4.63. The summed E-state index contributed by atoms with van der Waals surface area (Å²) in [6.07, 6.45) is -1.53. The molecule has 2 amide bonds. The fourth-order valence-electron chi connectivity index (χ4n) is 3.18. The van der Waals surface area contributed by atoms with Crippen LogP contribution in [0.2, 0.25) is 0 Å². The third-order valence-electron chi connectivity index (χ3n) is 4.46. The molecule has 9 heteroatoms. The second-order valence-corrected chi connectivity index (χ2v) is 6.17. The van der Waals surface area contributed by atoms with Crippen molar-refractivity contribution in [1.29, 1.82) is 5.26 Å². The Morgan fingerprint density at radius 1 is 1.11 bits per heavy atom. The summed E-state index contributed by atoms with van der Waals surface area (Å²) in [5, 5.41) is 11.0. The Morgan fingerprint density at radius 2 is 1.89 bits per heavy atom. The van der Waals surface area contributed by atoms with Crippen LogP contribution in [-0.4, -0.2) is 28.6 Å². The third-order valence-corrected chi connectivity index (χ3v) is 4.46. The molecular formula is C19H12F3N5O. The number of alkyl halides is 3. The van der Waals surface area contributed by atoms with Crippen LogP contribution >= 0.6 is 0 Å². The number of halogens is 3. The molecule has 1 aromatic carbocycles. The number of urea groups is 1. The second-order valence-electron chi connectivity index (χ2n) is 6.17. The Bertz CT molecular complexity index is 1100. The van der Waals surface area contributed by atoms with Crippen molar-refractivity contribution in [3.05, 3.63) is 60.6 Å². The van der Waals surface area contributed by atoms with Gasteiger partial charge in [-0.15, -0.1) is 0 Å². The summed E-state index contributed by atoms with van der Waals surface area (Å²) in [6.45, 7) is -0.104. The van der Waals surface area contributed by atoms with Gasteiger partial charge in [0.25, 0.3) is 0 Å². The number of amides is 2. The summed E-state index contributed by atoms with van der Waals surface area (Å²) < 4.78 is 38.9. The fraction of sp³-hybridized carbons (Fsp3) is 0.158. The van der Waals surface area contributed by atoms with Crippen molar-refractivity contribution in [2.45, 2.75) is 12.2 Å². The lowest BCUT2D eigenvalue weighted by molar-refractivity contribution is -0.141. The van der Waals surface area contributed by atoms with Crippen LogP contribution in [0.15, 0.2) is 54.9 Å². The van der Waals surface area contributed by atoms with E-state index in [0.717, 1.165) is 16.4 Å². The summed E-state index contributed by atoms with van der Waals surface area (Å²) in [7, 11) is 0. The predicted octanol–water partition coefficient (Wildman–Crippen LogP) is 3.99. The molecule has 3 heterocycles. The van der Waals surface area contributed by atoms with Crippen molar-refractivity contribution in [3.63, 3.8) is 0 Å². The summed E-state index contributed by atoms with van der Waals surface area (Å²) in [5.74, 6) is -0.157. The first-order valence-corrected chi connectivity index (χ1v) is 8.27. The highest BCUT2D eigenvalue weighted by Gasteiger charge is 2.41. The van der Waals surface area contributed by atoms with Crippen LogP contribution in [0, 0.1) is 11.3 Å². The molecule has 28 heavy (non-hydrogen) atoms. The van der Waals surface area contributed by atoms with Crippen LogP contribution in [0.4, 0.5) is 29.5 Å². The van der Waals surface area contributed by atoms with Gasteiger partial charge in [-0.3, -0.25) is 14.8 Å². The molecule has 1 fully saturated rings. The lowest BCUT2D eigenvalue weighted by Crippen LogP contribution is -2.35. The summed E-state index contributed by atoms with van der Waals surface area (Å²) in [6, 6.07) is 11.1. The van der Waals surface area contributed by atoms with Gasteiger partial charge in [0.15, 0.2) is 0 Å². The molecule has 0 unspecified atom stereocenters. The quantitative estimate of drug-likeness (QED) is 0.671. The highest BCUT2D eigenvalue weighted by atomic mass is 19.4. The van der Waals surface area contributed by atoms with Gasteiger partial charge >= 0.3 is 12.2 Å². The Morgan fingerprint density at radius 3 is 2.64 bits per heavy atom.